The van der Waals surface area contributed by atoms with E-state index in [1.807, 2.05) is 37.3 Å². The van der Waals surface area contributed by atoms with E-state index in [2.05, 4.69) is 5.32 Å². The molecule has 2 N–H and O–H groups in total. The second kappa shape index (κ2) is 8.02. The zero-order valence-electron chi connectivity index (χ0n) is 15.5. The van der Waals surface area contributed by atoms with E-state index in [4.69, 9.17) is 0 Å². The minimum atomic E-state index is -3.52. The van der Waals surface area contributed by atoms with Crippen molar-refractivity contribution < 1.29 is 23.1 Å². The van der Waals surface area contributed by atoms with Crippen molar-refractivity contribution in [3.05, 3.63) is 65.2 Å². The van der Waals surface area contributed by atoms with Crippen LogP contribution in [0.2, 0.25) is 0 Å². The first-order valence-electron chi connectivity index (χ1n) is 9.02. The van der Waals surface area contributed by atoms with Gasteiger partial charge >= 0.3 is 5.97 Å². The minimum Gasteiger partial charge on any atom is -0.478 e. The number of hydrogen-bond donors (Lipinski definition) is 2. The summed E-state index contributed by atoms with van der Waals surface area (Å²) in [5, 5.41) is 12.2. The molecule has 1 fully saturated rings. The molecular weight excluding hydrogens is 380 g/mol. The average Bonchev–Trinajstić information content (AvgIpc) is 2.67. The summed E-state index contributed by atoms with van der Waals surface area (Å²) in [5.41, 5.74) is 1.09. The standard InChI is InChI=1S/C20H22N2O5S/c1-14(15-7-3-2-4-8-15)21-19(23)16-11-17(20(24)25)13-18(12-16)22-9-5-6-10-28(22,26)27/h2-4,7-8,11-14H,5-6,9-10H2,1H3,(H,21,23)(H,24,25)/t14-/m1/s1. The third kappa shape index (κ3) is 4.33. The first-order chi connectivity index (χ1) is 13.3. The molecule has 28 heavy (non-hydrogen) atoms. The number of carboxylic acid groups (broad SMARTS) is 1. The van der Waals surface area contributed by atoms with Gasteiger partial charge < -0.3 is 10.4 Å². The van der Waals surface area contributed by atoms with E-state index in [0.29, 0.717) is 12.8 Å². The summed E-state index contributed by atoms with van der Waals surface area (Å²) in [6.07, 6.45) is 1.25. The zero-order valence-corrected chi connectivity index (χ0v) is 16.3. The van der Waals surface area contributed by atoms with Gasteiger partial charge in [0.05, 0.1) is 23.0 Å². The lowest BCUT2D eigenvalue weighted by atomic mass is 10.1. The first-order valence-corrected chi connectivity index (χ1v) is 10.6. The van der Waals surface area contributed by atoms with Crippen LogP contribution < -0.4 is 9.62 Å². The number of nitrogens with one attached hydrogen (secondary N) is 1. The Morgan fingerprint density at radius 1 is 1.07 bits per heavy atom. The van der Waals surface area contributed by atoms with Gasteiger partial charge in [0.1, 0.15) is 0 Å². The number of rotatable bonds is 5. The van der Waals surface area contributed by atoms with Gasteiger partial charge in [-0.25, -0.2) is 13.2 Å². The number of amides is 1. The van der Waals surface area contributed by atoms with Gasteiger partial charge in [-0.2, -0.15) is 0 Å². The predicted octanol–water partition coefficient (Wildman–Crippen LogP) is 2.81. The SMILES string of the molecule is C[C@@H](NC(=O)c1cc(C(=O)O)cc(N2CCCCS2(=O)=O)c1)c1ccccc1. The summed E-state index contributed by atoms with van der Waals surface area (Å²) in [5.74, 6) is -1.67. The summed E-state index contributed by atoms with van der Waals surface area (Å²) in [4.78, 5) is 24.2. The summed E-state index contributed by atoms with van der Waals surface area (Å²) in [7, 11) is -3.52. The number of anilines is 1. The summed E-state index contributed by atoms with van der Waals surface area (Å²) < 4.78 is 26.0. The Bertz CT molecular complexity index is 989. The fourth-order valence-corrected chi connectivity index (χ4v) is 4.82. The maximum Gasteiger partial charge on any atom is 0.335 e. The molecule has 0 aromatic heterocycles. The van der Waals surface area contributed by atoms with E-state index >= 15 is 0 Å². The maximum absolute atomic E-state index is 12.7. The molecule has 3 rings (SSSR count). The number of nitrogens with zero attached hydrogens (tertiary/aromatic N) is 1. The van der Waals surface area contributed by atoms with E-state index in [9.17, 15) is 23.1 Å². The molecule has 0 saturated carbocycles. The molecule has 148 valence electrons. The number of hydrogen-bond acceptors (Lipinski definition) is 4. The lowest BCUT2D eigenvalue weighted by molar-refractivity contribution is 0.0697. The molecule has 1 atom stereocenters. The van der Waals surface area contributed by atoms with E-state index in [0.717, 1.165) is 5.56 Å². The van der Waals surface area contributed by atoms with Gasteiger partial charge in [-0.3, -0.25) is 9.10 Å². The molecule has 1 aliphatic heterocycles. The van der Waals surface area contributed by atoms with Gasteiger partial charge in [0.2, 0.25) is 10.0 Å². The fraction of sp³-hybridized carbons (Fsp3) is 0.300. The Hall–Kier alpha value is -2.87. The van der Waals surface area contributed by atoms with Crippen LogP contribution in [0.15, 0.2) is 48.5 Å². The molecular formula is C20H22N2O5S. The highest BCUT2D eigenvalue weighted by molar-refractivity contribution is 7.92. The maximum atomic E-state index is 12.7. The molecule has 2 aromatic carbocycles. The number of carbonyl (C=O) groups excluding carboxylic acids is 1. The molecule has 7 nitrogen and oxygen atoms in total. The van der Waals surface area contributed by atoms with Crippen molar-refractivity contribution in [1.82, 2.24) is 5.32 Å². The van der Waals surface area contributed by atoms with Crippen LogP contribution in [0.4, 0.5) is 5.69 Å². The van der Waals surface area contributed by atoms with Crippen molar-refractivity contribution in [2.75, 3.05) is 16.6 Å². The Morgan fingerprint density at radius 3 is 2.39 bits per heavy atom. The number of benzene rings is 2. The van der Waals surface area contributed by atoms with E-state index in [1.165, 1.54) is 22.5 Å². The Balaban J connectivity index is 1.93. The van der Waals surface area contributed by atoms with Gasteiger partial charge in [0, 0.05) is 12.1 Å². The summed E-state index contributed by atoms with van der Waals surface area (Å²) >= 11 is 0. The summed E-state index contributed by atoms with van der Waals surface area (Å²) in [6.45, 7) is 2.09. The second-order valence-electron chi connectivity index (χ2n) is 6.77. The van der Waals surface area contributed by atoms with Gasteiger partial charge in [0.25, 0.3) is 5.91 Å². The Labute approximate surface area is 164 Å². The normalized spacial score (nSPS) is 17.0. The number of sulfonamides is 1. The van der Waals surface area contributed by atoms with Crippen LogP contribution in [0.25, 0.3) is 0 Å². The monoisotopic (exact) mass is 402 g/mol. The molecule has 1 saturated heterocycles. The highest BCUT2D eigenvalue weighted by Crippen LogP contribution is 2.26. The molecule has 2 aromatic rings. The number of carboxylic acids is 1. The zero-order chi connectivity index (χ0) is 20.3. The van der Waals surface area contributed by atoms with Crippen LogP contribution >= 0.6 is 0 Å². The fourth-order valence-electron chi connectivity index (χ4n) is 3.19. The first kappa shape index (κ1) is 19.9. The third-order valence-corrected chi connectivity index (χ3v) is 6.58. The molecule has 0 spiro atoms. The number of carbonyl (C=O) groups is 2. The minimum absolute atomic E-state index is 0.0108. The largest absolute Gasteiger partial charge is 0.478 e. The van der Waals surface area contributed by atoms with Crippen LogP contribution in [0.3, 0.4) is 0 Å². The van der Waals surface area contributed by atoms with Crippen LogP contribution in [0, 0.1) is 0 Å². The van der Waals surface area contributed by atoms with Crippen molar-refractivity contribution >= 4 is 27.6 Å². The van der Waals surface area contributed by atoms with Gasteiger partial charge in [0.15, 0.2) is 0 Å². The van der Waals surface area contributed by atoms with Crippen molar-refractivity contribution in [3.63, 3.8) is 0 Å². The molecule has 0 unspecified atom stereocenters. The van der Waals surface area contributed by atoms with Crippen LogP contribution in [0.1, 0.15) is 52.1 Å². The lowest BCUT2D eigenvalue weighted by Gasteiger charge is -2.28. The highest BCUT2D eigenvalue weighted by atomic mass is 32.2. The molecule has 0 bridgehead atoms. The molecule has 1 heterocycles. The van der Waals surface area contributed by atoms with Crippen molar-refractivity contribution in [2.24, 2.45) is 0 Å². The molecule has 1 amide bonds. The predicted molar refractivity (Wildman–Crippen MR) is 106 cm³/mol. The Kier molecular flexibility index (Phi) is 5.69. The third-order valence-electron chi connectivity index (χ3n) is 4.71. The van der Waals surface area contributed by atoms with Crippen LogP contribution in [0.5, 0.6) is 0 Å². The van der Waals surface area contributed by atoms with E-state index < -0.39 is 21.9 Å². The number of aromatic carboxylic acids is 1. The van der Waals surface area contributed by atoms with Crippen molar-refractivity contribution in [3.8, 4) is 0 Å². The smallest absolute Gasteiger partial charge is 0.335 e. The quantitative estimate of drug-likeness (QED) is 0.800. The van der Waals surface area contributed by atoms with Crippen LogP contribution in [-0.2, 0) is 10.0 Å². The van der Waals surface area contributed by atoms with Crippen molar-refractivity contribution in [2.45, 2.75) is 25.8 Å². The van der Waals surface area contributed by atoms with E-state index in [-0.39, 0.29) is 35.2 Å². The molecule has 0 aliphatic carbocycles. The Morgan fingerprint density at radius 2 is 1.75 bits per heavy atom. The average molecular weight is 402 g/mol. The lowest BCUT2D eigenvalue weighted by Crippen LogP contribution is -2.38. The summed E-state index contributed by atoms with van der Waals surface area (Å²) in [6, 6.07) is 13.1. The highest BCUT2D eigenvalue weighted by Gasteiger charge is 2.27. The molecule has 0 radical (unpaired) electrons. The van der Waals surface area contributed by atoms with Gasteiger partial charge in [-0.15, -0.1) is 0 Å². The topological polar surface area (TPSA) is 104 Å². The molecule has 1 aliphatic rings. The second-order valence-corrected chi connectivity index (χ2v) is 8.79. The van der Waals surface area contributed by atoms with Crippen LogP contribution in [-0.4, -0.2) is 37.7 Å². The molecule has 8 heteroatoms. The van der Waals surface area contributed by atoms with E-state index in [1.54, 1.807) is 0 Å². The van der Waals surface area contributed by atoms with Gasteiger partial charge in [-0.05, 0) is 43.5 Å². The van der Waals surface area contributed by atoms with Crippen molar-refractivity contribution in [1.29, 1.82) is 0 Å². The van der Waals surface area contributed by atoms with Gasteiger partial charge in [-0.1, -0.05) is 30.3 Å².